The number of carbonyl (C=O) groups excluding carboxylic acids is 1. The van der Waals surface area contributed by atoms with Gasteiger partial charge < -0.3 is 5.11 Å². The van der Waals surface area contributed by atoms with Crippen molar-refractivity contribution in [2.24, 2.45) is 11.8 Å². The third kappa shape index (κ3) is 8.50. The minimum atomic E-state index is 0. The minimum absolute atomic E-state index is 0. The van der Waals surface area contributed by atoms with Gasteiger partial charge in [0.05, 0.1) is 5.76 Å². The fourth-order valence-electron chi connectivity index (χ4n) is 4.89. The zero-order valence-corrected chi connectivity index (χ0v) is 28.0. The van der Waals surface area contributed by atoms with Gasteiger partial charge in [0, 0.05) is 61.8 Å². The van der Waals surface area contributed by atoms with Crippen molar-refractivity contribution in [2.75, 3.05) is 0 Å². The summed E-state index contributed by atoms with van der Waals surface area (Å²) in [5, 5.41) is 12.1. The first-order valence-electron chi connectivity index (χ1n) is 14.4. The molecule has 2 heterocycles. The summed E-state index contributed by atoms with van der Waals surface area (Å²) in [7, 11) is 0. The summed E-state index contributed by atoms with van der Waals surface area (Å²) in [6.07, 6.45) is 8.18. The number of benzene rings is 2. The number of hydrogen-bond donors (Lipinski definition) is 1. The van der Waals surface area contributed by atoms with Crippen molar-refractivity contribution < 1.29 is 30.0 Å². The van der Waals surface area contributed by atoms with E-state index in [9.17, 15) is 9.90 Å². The average molecular weight is 732 g/mol. The smallest absolute Gasteiger partial charge is 0.196 e. The van der Waals surface area contributed by atoms with E-state index in [1.165, 1.54) is 17.0 Å². The fourth-order valence-corrected chi connectivity index (χ4v) is 4.89. The van der Waals surface area contributed by atoms with Crippen LogP contribution in [0.2, 0.25) is 0 Å². The van der Waals surface area contributed by atoms with Gasteiger partial charge in [-0.25, -0.2) is 15.0 Å². The summed E-state index contributed by atoms with van der Waals surface area (Å²) in [4.78, 5) is 29.5. The minimum Gasteiger partial charge on any atom is -0.512 e. The molecule has 4 rings (SSSR count). The third-order valence-electron chi connectivity index (χ3n) is 7.41. The summed E-state index contributed by atoms with van der Waals surface area (Å²) in [6.45, 7) is 16.7. The first-order valence-corrected chi connectivity index (χ1v) is 14.4. The SMILES string of the molecule is CCC(CC)C(=O)C=C(O)C(CC)CC.Cc1nc2nccnc2nc1-c1[c-]c2ccccc2c(C(C)(C)C)c1.[Ir]. The van der Waals surface area contributed by atoms with Crippen LogP contribution in [0, 0.1) is 24.8 Å². The molecule has 0 atom stereocenters. The molecule has 0 unspecified atom stereocenters. The normalized spacial score (nSPS) is 11.9. The van der Waals surface area contributed by atoms with E-state index in [4.69, 9.17) is 4.98 Å². The summed E-state index contributed by atoms with van der Waals surface area (Å²) in [5.41, 5.74) is 5.01. The molecule has 0 aliphatic carbocycles. The summed E-state index contributed by atoms with van der Waals surface area (Å²) in [6, 6.07) is 14.1. The molecule has 1 radical (unpaired) electrons. The molecule has 0 fully saturated rings. The Bertz CT molecular complexity index is 1490. The molecule has 0 saturated heterocycles. The Labute approximate surface area is 258 Å². The van der Waals surface area contributed by atoms with Crippen molar-refractivity contribution in [3.05, 3.63) is 71.9 Å². The molecule has 2 aromatic carbocycles. The Morgan fingerprint density at radius 2 is 1.49 bits per heavy atom. The van der Waals surface area contributed by atoms with Crippen LogP contribution in [0.25, 0.3) is 33.3 Å². The second-order valence-corrected chi connectivity index (χ2v) is 11.3. The Balaban J connectivity index is 0.000000320. The van der Waals surface area contributed by atoms with Crippen LogP contribution in [0.4, 0.5) is 0 Å². The largest absolute Gasteiger partial charge is 0.512 e. The molecule has 6 nitrogen and oxygen atoms in total. The molecule has 221 valence electrons. The number of rotatable bonds is 8. The summed E-state index contributed by atoms with van der Waals surface area (Å²) >= 11 is 0. The van der Waals surface area contributed by atoms with Crippen molar-refractivity contribution >= 4 is 27.9 Å². The fraction of sp³-hybridized carbons (Fsp3) is 0.441. The van der Waals surface area contributed by atoms with Crippen LogP contribution in [0.1, 0.15) is 85.4 Å². The number of aliphatic hydroxyl groups is 1. The molecular weight excluding hydrogens is 689 g/mol. The van der Waals surface area contributed by atoms with Gasteiger partial charge in [-0.1, -0.05) is 77.6 Å². The van der Waals surface area contributed by atoms with Crippen LogP contribution in [-0.2, 0) is 30.3 Å². The molecule has 0 aliphatic rings. The van der Waals surface area contributed by atoms with Gasteiger partial charge in [-0.3, -0.25) is 9.78 Å². The van der Waals surface area contributed by atoms with Crippen molar-refractivity contribution in [3.8, 4) is 11.3 Å². The first-order chi connectivity index (χ1) is 19.0. The monoisotopic (exact) mass is 732 g/mol. The van der Waals surface area contributed by atoms with Gasteiger partial charge in [-0.2, -0.15) is 0 Å². The zero-order chi connectivity index (χ0) is 29.4. The van der Waals surface area contributed by atoms with E-state index in [-0.39, 0.29) is 48.9 Å². The second kappa shape index (κ2) is 15.3. The Morgan fingerprint density at radius 1 is 0.927 bits per heavy atom. The second-order valence-electron chi connectivity index (χ2n) is 11.3. The number of aryl methyl sites for hydroxylation is 1. The summed E-state index contributed by atoms with van der Waals surface area (Å²) in [5.74, 6) is 0.547. The number of fused-ring (bicyclic) bond motifs is 2. The number of ketones is 1. The standard InChI is InChI=1S/C21H19N4.C13H24O2.Ir/c1-13-18(25-20-19(24-13)22-9-10-23-20)15-11-14-7-5-6-8-16(14)17(12-15)21(2,3)4;1-5-10(6-2)12(14)9-13(15)11(7-3)8-4;/h5-10,12H,1-4H3;9-11,14H,5-8H2,1-4H3;/q-1;;. The average Bonchev–Trinajstić information content (AvgIpc) is 2.93. The number of nitrogens with zero attached hydrogens (tertiary/aromatic N) is 4. The van der Waals surface area contributed by atoms with E-state index in [1.807, 2.05) is 40.7 Å². The predicted molar refractivity (Wildman–Crippen MR) is 164 cm³/mol. The topological polar surface area (TPSA) is 88.9 Å². The van der Waals surface area contributed by atoms with Gasteiger partial charge in [0.2, 0.25) is 0 Å². The molecule has 41 heavy (non-hydrogen) atoms. The maximum absolute atomic E-state index is 11.7. The number of allylic oxidation sites excluding steroid dienone is 2. The van der Waals surface area contributed by atoms with Crippen molar-refractivity contribution in [1.82, 2.24) is 19.9 Å². The molecule has 7 heteroatoms. The molecule has 1 N–H and O–H groups in total. The molecule has 4 aromatic rings. The summed E-state index contributed by atoms with van der Waals surface area (Å²) < 4.78 is 0. The van der Waals surface area contributed by atoms with Gasteiger partial charge in [-0.05, 0) is 38.0 Å². The van der Waals surface area contributed by atoms with Crippen LogP contribution in [0.15, 0.2) is 54.6 Å². The van der Waals surface area contributed by atoms with Crippen molar-refractivity contribution in [1.29, 1.82) is 0 Å². The Hall–Kier alpha value is -3.02. The zero-order valence-electron chi connectivity index (χ0n) is 25.6. The van der Waals surface area contributed by atoms with Gasteiger partial charge in [0.1, 0.15) is 0 Å². The number of aliphatic hydroxyl groups excluding tert-OH is 1. The van der Waals surface area contributed by atoms with E-state index in [1.54, 1.807) is 12.4 Å². The van der Waals surface area contributed by atoms with E-state index in [0.29, 0.717) is 11.3 Å². The van der Waals surface area contributed by atoms with Crippen molar-refractivity contribution in [2.45, 2.75) is 86.5 Å². The van der Waals surface area contributed by atoms with Crippen LogP contribution >= 0.6 is 0 Å². The maximum Gasteiger partial charge on any atom is 0.196 e. The molecule has 0 bridgehead atoms. The number of carbonyl (C=O) groups is 1. The first kappa shape index (κ1) is 34.2. The molecule has 0 amide bonds. The quantitative estimate of drug-likeness (QED) is 0.111. The van der Waals surface area contributed by atoms with E-state index in [0.717, 1.165) is 48.0 Å². The van der Waals surface area contributed by atoms with Crippen molar-refractivity contribution in [3.63, 3.8) is 0 Å². The molecule has 0 saturated carbocycles. The third-order valence-corrected chi connectivity index (χ3v) is 7.41. The van der Waals surface area contributed by atoms with E-state index >= 15 is 0 Å². The number of hydrogen-bond acceptors (Lipinski definition) is 6. The molecule has 2 aromatic heterocycles. The van der Waals surface area contributed by atoms with Crippen LogP contribution in [0.3, 0.4) is 0 Å². The molecular formula is C34H43IrN4O2-. The Morgan fingerprint density at radius 3 is 2.05 bits per heavy atom. The predicted octanol–water partition coefficient (Wildman–Crippen LogP) is 8.51. The van der Waals surface area contributed by atoms with E-state index in [2.05, 4.69) is 66.1 Å². The maximum atomic E-state index is 11.7. The van der Waals surface area contributed by atoms with Gasteiger partial charge in [0.15, 0.2) is 17.1 Å². The van der Waals surface area contributed by atoms with Crippen LogP contribution < -0.4 is 0 Å². The van der Waals surface area contributed by atoms with Crippen LogP contribution in [0.5, 0.6) is 0 Å². The Kier molecular flexibility index (Phi) is 12.7. The van der Waals surface area contributed by atoms with Gasteiger partial charge >= 0.3 is 0 Å². The van der Waals surface area contributed by atoms with E-state index < -0.39 is 0 Å². The van der Waals surface area contributed by atoms with Crippen LogP contribution in [-0.4, -0.2) is 30.8 Å². The van der Waals surface area contributed by atoms with Gasteiger partial charge in [0.25, 0.3) is 0 Å². The molecule has 0 spiro atoms. The number of aromatic nitrogens is 4. The molecule has 0 aliphatic heterocycles. The van der Waals surface area contributed by atoms with Gasteiger partial charge in [-0.15, -0.1) is 29.1 Å².